The Balaban J connectivity index is 1.74. The highest BCUT2D eigenvalue weighted by Crippen LogP contribution is 2.74. The van der Waals surface area contributed by atoms with Crippen molar-refractivity contribution in [2.24, 2.45) is 0 Å². The molecule has 166 valence electrons. The maximum Gasteiger partial charge on any atom is 0.307 e. The van der Waals surface area contributed by atoms with Crippen LogP contribution in [0, 0.1) is 0 Å². The maximum atomic E-state index is 14.9. The average Bonchev–Trinajstić information content (AvgIpc) is 3.17. The van der Waals surface area contributed by atoms with E-state index in [1.165, 1.54) is 0 Å². The summed E-state index contributed by atoms with van der Waals surface area (Å²) >= 11 is 0. The van der Waals surface area contributed by atoms with Crippen LogP contribution in [0.3, 0.4) is 0 Å². The van der Waals surface area contributed by atoms with Gasteiger partial charge in [-0.1, -0.05) is 91.0 Å². The minimum atomic E-state index is -2.99. The van der Waals surface area contributed by atoms with Gasteiger partial charge in [0.2, 0.25) is 0 Å². The Morgan fingerprint density at radius 3 is 1.81 bits per heavy atom. The molecule has 4 nitrogen and oxygen atoms in total. The van der Waals surface area contributed by atoms with Gasteiger partial charge < -0.3 is 9.30 Å². The van der Waals surface area contributed by atoms with E-state index in [9.17, 15) is 9.36 Å². The molecule has 1 aliphatic heterocycles. The molecule has 1 fully saturated rings. The van der Waals surface area contributed by atoms with Crippen LogP contribution in [0.15, 0.2) is 91.0 Å². The molecule has 5 heteroatoms. The fourth-order valence-corrected chi connectivity index (χ4v) is 8.59. The molecule has 1 saturated heterocycles. The summed E-state index contributed by atoms with van der Waals surface area (Å²) in [5.74, 6) is -0.285. The van der Waals surface area contributed by atoms with E-state index in [1.54, 1.807) is 6.92 Å². The SMILES string of the molecule is CCOC(=O)C[C@@H](NP1(=O)[C@H](c2ccccc2)CC[C@H]1c1ccccc1)c1ccccc1. The van der Waals surface area contributed by atoms with Crippen molar-refractivity contribution in [2.45, 2.75) is 43.5 Å². The van der Waals surface area contributed by atoms with E-state index >= 15 is 0 Å². The molecule has 3 aromatic rings. The van der Waals surface area contributed by atoms with E-state index in [1.807, 2.05) is 66.7 Å². The molecule has 0 spiro atoms. The van der Waals surface area contributed by atoms with Crippen LogP contribution in [0.2, 0.25) is 0 Å². The number of rotatable bonds is 8. The molecule has 32 heavy (non-hydrogen) atoms. The standard InChI is InChI=1S/C27H30NO3P/c1-2-31-27(29)20-24(21-12-6-3-7-13-21)28-32(30)25(22-14-8-4-9-15-22)18-19-26(32)23-16-10-5-11-17-23/h3-17,24-26H,2,18-20H2,1H3,(H,28,30)/t24-,25+,26+/m1/s1. The molecule has 4 rings (SSSR count). The summed E-state index contributed by atoms with van der Waals surface area (Å²) in [4.78, 5) is 12.5. The number of carbonyl (C=O) groups excluding carboxylic acids is 1. The molecule has 0 aliphatic carbocycles. The van der Waals surface area contributed by atoms with Crippen LogP contribution < -0.4 is 5.09 Å². The lowest BCUT2D eigenvalue weighted by Crippen LogP contribution is -2.25. The van der Waals surface area contributed by atoms with Crippen LogP contribution in [-0.4, -0.2) is 12.6 Å². The predicted molar refractivity (Wildman–Crippen MR) is 129 cm³/mol. The molecule has 0 bridgehead atoms. The molecule has 0 amide bonds. The highest BCUT2D eigenvalue weighted by atomic mass is 31.2. The lowest BCUT2D eigenvalue weighted by atomic mass is 10.0. The van der Waals surface area contributed by atoms with Gasteiger partial charge in [0.25, 0.3) is 0 Å². The molecule has 1 heterocycles. The van der Waals surface area contributed by atoms with Crippen molar-refractivity contribution >= 4 is 13.3 Å². The van der Waals surface area contributed by atoms with Gasteiger partial charge >= 0.3 is 5.97 Å². The molecule has 0 saturated carbocycles. The van der Waals surface area contributed by atoms with Crippen LogP contribution in [-0.2, 0) is 14.1 Å². The summed E-state index contributed by atoms with van der Waals surface area (Å²) in [5.41, 5.74) is 2.93. The first-order chi connectivity index (χ1) is 15.6. The Morgan fingerprint density at radius 1 is 0.875 bits per heavy atom. The number of esters is 1. The third kappa shape index (κ3) is 4.87. The van der Waals surface area contributed by atoms with Gasteiger partial charge in [-0.15, -0.1) is 0 Å². The molecule has 1 aliphatic rings. The van der Waals surface area contributed by atoms with Gasteiger partial charge in [-0.2, -0.15) is 0 Å². The molecule has 3 aromatic carbocycles. The molecular weight excluding hydrogens is 417 g/mol. The van der Waals surface area contributed by atoms with E-state index in [4.69, 9.17) is 4.74 Å². The third-order valence-electron chi connectivity index (χ3n) is 6.24. The second-order valence-corrected chi connectivity index (χ2v) is 11.2. The van der Waals surface area contributed by atoms with Gasteiger partial charge in [0, 0.05) is 6.04 Å². The third-order valence-corrected chi connectivity index (χ3v) is 9.92. The monoisotopic (exact) mass is 447 g/mol. The molecule has 3 atom stereocenters. The van der Waals surface area contributed by atoms with Gasteiger partial charge in [-0.05, 0) is 36.5 Å². The van der Waals surface area contributed by atoms with Crippen molar-refractivity contribution in [1.29, 1.82) is 0 Å². The Hall–Kier alpha value is -2.68. The van der Waals surface area contributed by atoms with E-state index in [0.717, 1.165) is 29.5 Å². The molecule has 0 radical (unpaired) electrons. The Kier molecular flexibility index (Phi) is 7.24. The second kappa shape index (κ2) is 10.3. The average molecular weight is 448 g/mol. The first-order valence-electron chi connectivity index (χ1n) is 11.3. The zero-order valence-electron chi connectivity index (χ0n) is 18.4. The Bertz CT molecular complexity index is 1000. The van der Waals surface area contributed by atoms with Crippen LogP contribution in [0.25, 0.3) is 0 Å². The van der Waals surface area contributed by atoms with Crippen LogP contribution >= 0.6 is 7.29 Å². The first kappa shape index (κ1) is 22.5. The highest BCUT2D eigenvalue weighted by molar-refractivity contribution is 7.63. The maximum absolute atomic E-state index is 14.9. The van der Waals surface area contributed by atoms with Crippen molar-refractivity contribution in [2.75, 3.05) is 6.61 Å². The normalized spacial score (nSPS) is 20.5. The molecular formula is C27H30NO3P. The van der Waals surface area contributed by atoms with Crippen LogP contribution in [0.4, 0.5) is 0 Å². The zero-order valence-corrected chi connectivity index (χ0v) is 19.3. The number of ether oxygens (including phenoxy) is 1. The number of benzene rings is 3. The lowest BCUT2D eigenvalue weighted by molar-refractivity contribution is -0.143. The second-order valence-electron chi connectivity index (χ2n) is 8.24. The molecule has 0 aromatic heterocycles. The number of hydrogen-bond acceptors (Lipinski definition) is 3. The van der Waals surface area contributed by atoms with Crippen molar-refractivity contribution in [1.82, 2.24) is 5.09 Å². The highest BCUT2D eigenvalue weighted by Gasteiger charge is 2.48. The quantitative estimate of drug-likeness (QED) is 0.304. The summed E-state index contributed by atoms with van der Waals surface area (Å²) in [6.45, 7) is 2.13. The van der Waals surface area contributed by atoms with Crippen LogP contribution in [0.5, 0.6) is 0 Å². The fraction of sp³-hybridized carbons (Fsp3) is 0.296. The van der Waals surface area contributed by atoms with Crippen molar-refractivity contribution in [3.8, 4) is 0 Å². The zero-order chi connectivity index (χ0) is 22.4. The van der Waals surface area contributed by atoms with E-state index in [-0.39, 0.29) is 29.7 Å². The van der Waals surface area contributed by atoms with Crippen molar-refractivity contribution < 1.29 is 14.1 Å². The summed E-state index contributed by atoms with van der Waals surface area (Å²) in [7, 11) is -2.99. The molecule has 1 N–H and O–H groups in total. The number of carbonyl (C=O) groups is 1. The summed E-state index contributed by atoms with van der Waals surface area (Å²) < 4.78 is 20.2. The number of hydrogen-bond donors (Lipinski definition) is 1. The minimum absolute atomic E-state index is 0.0951. The molecule has 0 unspecified atom stereocenters. The van der Waals surface area contributed by atoms with Gasteiger partial charge in [-0.3, -0.25) is 9.88 Å². The Labute approximate surface area is 190 Å². The minimum Gasteiger partial charge on any atom is -0.466 e. The van der Waals surface area contributed by atoms with Crippen molar-refractivity contribution in [3.05, 3.63) is 108 Å². The number of nitrogens with one attached hydrogen (secondary N) is 1. The van der Waals surface area contributed by atoms with Gasteiger partial charge in [0.15, 0.2) is 7.29 Å². The topological polar surface area (TPSA) is 55.4 Å². The largest absolute Gasteiger partial charge is 0.466 e. The Morgan fingerprint density at radius 2 is 1.34 bits per heavy atom. The summed E-state index contributed by atoms with van der Waals surface area (Å²) in [5, 5.41) is 3.55. The lowest BCUT2D eigenvalue weighted by Gasteiger charge is -2.32. The summed E-state index contributed by atoms with van der Waals surface area (Å²) in [6, 6.07) is 29.7. The first-order valence-corrected chi connectivity index (χ1v) is 13.1. The fourth-order valence-electron chi connectivity index (χ4n) is 4.78. The predicted octanol–water partition coefficient (Wildman–Crippen LogP) is 6.83. The smallest absolute Gasteiger partial charge is 0.307 e. The van der Waals surface area contributed by atoms with E-state index in [2.05, 4.69) is 29.4 Å². The van der Waals surface area contributed by atoms with Gasteiger partial charge in [0.05, 0.1) is 24.3 Å². The van der Waals surface area contributed by atoms with E-state index in [0.29, 0.717) is 6.61 Å². The van der Waals surface area contributed by atoms with Gasteiger partial charge in [0.1, 0.15) is 0 Å². The summed E-state index contributed by atoms with van der Waals surface area (Å²) in [6.07, 6.45) is 1.83. The van der Waals surface area contributed by atoms with Crippen molar-refractivity contribution in [3.63, 3.8) is 0 Å². The van der Waals surface area contributed by atoms with E-state index < -0.39 is 7.29 Å². The van der Waals surface area contributed by atoms with Crippen LogP contribution in [0.1, 0.15) is 60.2 Å². The van der Waals surface area contributed by atoms with Gasteiger partial charge in [-0.25, -0.2) is 0 Å².